The van der Waals surface area contributed by atoms with Crippen molar-refractivity contribution in [3.8, 4) is 17.2 Å². The molecule has 0 spiro atoms. The van der Waals surface area contributed by atoms with E-state index in [0.29, 0.717) is 28.9 Å². The molecule has 1 amide bonds. The molecule has 1 aromatic carbocycles. The molecule has 0 saturated carbocycles. The smallest absolute Gasteiger partial charge is 0.228 e. The van der Waals surface area contributed by atoms with Crippen LogP contribution in [0.4, 0.5) is 5.69 Å². The van der Waals surface area contributed by atoms with E-state index < -0.39 is 0 Å². The van der Waals surface area contributed by atoms with Gasteiger partial charge >= 0.3 is 0 Å². The lowest BCUT2D eigenvalue weighted by atomic mass is 9.74. The Morgan fingerprint density at radius 2 is 1.53 bits per heavy atom. The predicted octanol–water partition coefficient (Wildman–Crippen LogP) is 6.37. The van der Waals surface area contributed by atoms with Crippen molar-refractivity contribution in [3.05, 3.63) is 23.3 Å². The molecule has 0 heterocycles. The van der Waals surface area contributed by atoms with Crippen LogP contribution >= 0.6 is 0 Å². The van der Waals surface area contributed by atoms with Crippen molar-refractivity contribution < 1.29 is 19.0 Å². The largest absolute Gasteiger partial charge is 0.496 e. The maximum Gasteiger partial charge on any atom is 0.228 e. The third-order valence-corrected chi connectivity index (χ3v) is 6.37. The number of allylic oxidation sites excluding steroid dienone is 2. The van der Waals surface area contributed by atoms with Crippen molar-refractivity contribution in [2.45, 2.75) is 72.1 Å². The zero-order valence-corrected chi connectivity index (χ0v) is 19.6. The predicted molar refractivity (Wildman–Crippen MR) is 123 cm³/mol. The summed E-state index contributed by atoms with van der Waals surface area (Å²) in [7, 11) is 4.76. The van der Waals surface area contributed by atoms with Gasteiger partial charge in [-0.3, -0.25) is 4.79 Å². The minimum Gasteiger partial charge on any atom is -0.496 e. The molecule has 2 unspecified atom stereocenters. The maximum atomic E-state index is 13.4. The number of methoxy groups -OCH3 is 3. The molecule has 5 nitrogen and oxygen atoms in total. The van der Waals surface area contributed by atoms with E-state index in [1.165, 1.54) is 43.3 Å². The molecular weight excluding hydrogens is 378 g/mol. The van der Waals surface area contributed by atoms with Crippen LogP contribution in [0, 0.1) is 11.8 Å². The first-order chi connectivity index (χ1) is 14.4. The molecule has 0 radical (unpaired) electrons. The quantitative estimate of drug-likeness (QED) is 0.335. The Bertz CT molecular complexity index is 716. The van der Waals surface area contributed by atoms with E-state index in [9.17, 15) is 4.79 Å². The van der Waals surface area contributed by atoms with Crippen LogP contribution in [0.3, 0.4) is 0 Å². The van der Waals surface area contributed by atoms with Gasteiger partial charge in [-0.15, -0.1) is 0 Å². The van der Waals surface area contributed by atoms with Crippen molar-refractivity contribution in [1.82, 2.24) is 0 Å². The molecule has 5 heteroatoms. The molecule has 2 atom stereocenters. The molecule has 1 aliphatic rings. The molecule has 0 aromatic heterocycles. The van der Waals surface area contributed by atoms with Crippen LogP contribution in [0.2, 0.25) is 0 Å². The van der Waals surface area contributed by atoms with E-state index in [4.69, 9.17) is 14.2 Å². The van der Waals surface area contributed by atoms with Gasteiger partial charge < -0.3 is 19.5 Å². The zero-order chi connectivity index (χ0) is 22.1. The minimum atomic E-state index is -0.0311. The summed E-state index contributed by atoms with van der Waals surface area (Å²) >= 11 is 0. The SMILES string of the molecule is CCCCCCCC1CC(C)=C(C)CC1C(=O)Nc1c(OC)cc(OC)cc1OC. The number of amides is 1. The lowest BCUT2D eigenvalue weighted by molar-refractivity contribution is -0.121. The number of carbonyl (C=O) groups excluding carboxylic acids is 1. The summed E-state index contributed by atoms with van der Waals surface area (Å²) in [6.07, 6.45) is 9.20. The molecule has 0 bridgehead atoms. The number of hydrogen-bond acceptors (Lipinski definition) is 4. The Labute approximate surface area is 182 Å². The lowest BCUT2D eigenvalue weighted by Crippen LogP contribution is -2.32. The van der Waals surface area contributed by atoms with Crippen molar-refractivity contribution in [1.29, 1.82) is 0 Å². The molecule has 0 aliphatic heterocycles. The Morgan fingerprint density at radius 1 is 0.933 bits per heavy atom. The normalized spacial score (nSPS) is 18.9. The second-order valence-electron chi connectivity index (χ2n) is 8.43. The van der Waals surface area contributed by atoms with Crippen molar-refractivity contribution in [3.63, 3.8) is 0 Å². The summed E-state index contributed by atoms with van der Waals surface area (Å²) in [5.74, 6) is 2.09. The summed E-state index contributed by atoms with van der Waals surface area (Å²) in [6.45, 7) is 6.60. The van der Waals surface area contributed by atoms with Crippen molar-refractivity contribution >= 4 is 11.6 Å². The van der Waals surface area contributed by atoms with Gasteiger partial charge in [0.25, 0.3) is 0 Å². The second-order valence-corrected chi connectivity index (χ2v) is 8.43. The average Bonchev–Trinajstić information content (AvgIpc) is 2.75. The van der Waals surface area contributed by atoms with Crippen LogP contribution < -0.4 is 19.5 Å². The van der Waals surface area contributed by atoms with E-state index in [1.54, 1.807) is 33.5 Å². The van der Waals surface area contributed by atoms with Crippen LogP contribution in [0.5, 0.6) is 17.2 Å². The van der Waals surface area contributed by atoms with Crippen molar-refractivity contribution in [2.24, 2.45) is 11.8 Å². The minimum absolute atomic E-state index is 0.0311. The first-order valence-corrected chi connectivity index (χ1v) is 11.2. The van der Waals surface area contributed by atoms with Crippen LogP contribution in [0.25, 0.3) is 0 Å². The first-order valence-electron chi connectivity index (χ1n) is 11.2. The monoisotopic (exact) mass is 417 g/mol. The van der Waals surface area contributed by atoms with Gasteiger partial charge in [-0.2, -0.15) is 0 Å². The highest BCUT2D eigenvalue weighted by atomic mass is 16.5. The molecule has 1 aromatic rings. The van der Waals surface area contributed by atoms with E-state index in [0.717, 1.165) is 19.3 Å². The molecule has 2 rings (SSSR count). The molecule has 1 N–H and O–H groups in total. The van der Waals surface area contributed by atoms with Crippen LogP contribution in [-0.2, 0) is 4.79 Å². The molecule has 30 heavy (non-hydrogen) atoms. The first kappa shape index (κ1) is 24.1. The van der Waals surface area contributed by atoms with Gasteiger partial charge in [-0.25, -0.2) is 0 Å². The van der Waals surface area contributed by atoms with Crippen LogP contribution in [-0.4, -0.2) is 27.2 Å². The molecular formula is C25H39NO4. The Balaban J connectivity index is 2.18. The van der Waals surface area contributed by atoms with Gasteiger partial charge in [-0.05, 0) is 39.0 Å². The van der Waals surface area contributed by atoms with Crippen LogP contribution in [0.15, 0.2) is 23.3 Å². The van der Waals surface area contributed by atoms with E-state index in [-0.39, 0.29) is 11.8 Å². The van der Waals surface area contributed by atoms with E-state index >= 15 is 0 Å². The fourth-order valence-corrected chi connectivity index (χ4v) is 4.35. The Kier molecular flexibility index (Phi) is 9.54. The third-order valence-electron chi connectivity index (χ3n) is 6.37. The van der Waals surface area contributed by atoms with Gasteiger partial charge in [-0.1, -0.05) is 50.2 Å². The maximum absolute atomic E-state index is 13.4. The van der Waals surface area contributed by atoms with Crippen LogP contribution in [0.1, 0.15) is 72.1 Å². The van der Waals surface area contributed by atoms with Gasteiger partial charge in [0.15, 0.2) is 0 Å². The van der Waals surface area contributed by atoms with Gasteiger partial charge in [0.2, 0.25) is 5.91 Å². The zero-order valence-electron chi connectivity index (χ0n) is 19.6. The molecule has 0 saturated heterocycles. The highest BCUT2D eigenvalue weighted by Crippen LogP contribution is 2.42. The summed E-state index contributed by atoms with van der Waals surface area (Å²) in [5, 5.41) is 3.11. The third kappa shape index (κ3) is 6.16. The average molecular weight is 418 g/mol. The number of hydrogen-bond donors (Lipinski definition) is 1. The molecule has 1 aliphatic carbocycles. The molecule has 168 valence electrons. The lowest BCUT2D eigenvalue weighted by Gasteiger charge is -2.32. The summed E-state index contributed by atoms with van der Waals surface area (Å²) < 4.78 is 16.3. The number of nitrogens with one attached hydrogen (secondary N) is 1. The number of rotatable bonds is 11. The van der Waals surface area contributed by atoms with Gasteiger partial charge in [0.1, 0.15) is 22.9 Å². The fraction of sp³-hybridized carbons (Fsp3) is 0.640. The van der Waals surface area contributed by atoms with E-state index in [2.05, 4.69) is 26.1 Å². The summed E-state index contributed by atoms with van der Waals surface area (Å²) in [5.41, 5.74) is 3.35. The number of unbranched alkanes of at least 4 members (excludes halogenated alkanes) is 4. The highest BCUT2D eigenvalue weighted by Gasteiger charge is 2.33. The topological polar surface area (TPSA) is 56.8 Å². The Hall–Kier alpha value is -2.17. The standard InChI is InChI=1S/C25H39NO4/c1-7-8-9-10-11-12-19-13-17(2)18(3)14-21(19)25(27)26-24-22(29-5)15-20(28-4)16-23(24)30-6/h15-16,19,21H,7-14H2,1-6H3,(H,26,27). The number of anilines is 1. The summed E-state index contributed by atoms with van der Waals surface area (Å²) in [6, 6.07) is 3.53. The van der Waals surface area contributed by atoms with Gasteiger partial charge in [0.05, 0.1) is 21.3 Å². The van der Waals surface area contributed by atoms with Crippen molar-refractivity contribution in [2.75, 3.05) is 26.6 Å². The number of ether oxygens (including phenoxy) is 3. The van der Waals surface area contributed by atoms with E-state index in [1.807, 2.05) is 0 Å². The number of carbonyl (C=O) groups is 1. The molecule has 0 fully saturated rings. The fourth-order valence-electron chi connectivity index (χ4n) is 4.35. The highest BCUT2D eigenvalue weighted by molar-refractivity contribution is 5.96. The summed E-state index contributed by atoms with van der Waals surface area (Å²) in [4.78, 5) is 13.4. The second kappa shape index (κ2) is 11.9. The number of benzene rings is 1. The van der Waals surface area contributed by atoms with Gasteiger partial charge in [0, 0.05) is 18.1 Å². The Morgan fingerprint density at radius 3 is 2.10 bits per heavy atom.